The van der Waals surface area contributed by atoms with Crippen LogP contribution in [0.5, 0.6) is 11.5 Å². The van der Waals surface area contributed by atoms with Gasteiger partial charge in [-0.2, -0.15) is 0 Å². The first kappa shape index (κ1) is 17.2. The van der Waals surface area contributed by atoms with Gasteiger partial charge in [0.1, 0.15) is 19.0 Å². The molecule has 1 saturated heterocycles. The molecule has 2 aromatic carbocycles. The standard InChI is InChI=1S/C19H21NO5/c1-14-4-9-18(20(21)22)19(11-14)25-12-15-5-7-16(8-6-15)24-13-17-3-2-10-23-17/h4-9,11,17H,2-3,10,12-13H2,1H3/t17-/m1/s1. The highest BCUT2D eigenvalue weighted by atomic mass is 16.6. The van der Waals surface area contributed by atoms with Crippen molar-refractivity contribution in [3.05, 3.63) is 63.7 Å². The van der Waals surface area contributed by atoms with Gasteiger partial charge in [0.15, 0.2) is 5.75 Å². The summed E-state index contributed by atoms with van der Waals surface area (Å²) >= 11 is 0. The summed E-state index contributed by atoms with van der Waals surface area (Å²) in [5.41, 5.74) is 1.81. The number of nitrogens with zero attached hydrogens (tertiary/aromatic N) is 1. The van der Waals surface area contributed by atoms with Gasteiger partial charge < -0.3 is 14.2 Å². The van der Waals surface area contributed by atoms with E-state index in [-0.39, 0.29) is 24.1 Å². The zero-order valence-corrected chi connectivity index (χ0v) is 14.1. The van der Waals surface area contributed by atoms with Crippen molar-refractivity contribution < 1.29 is 19.1 Å². The third kappa shape index (κ3) is 4.70. The van der Waals surface area contributed by atoms with Gasteiger partial charge >= 0.3 is 5.69 Å². The maximum absolute atomic E-state index is 11.1. The lowest BCUT2D eigenvalue weighted by atomic mass is 10.2. The number of nitro benzene ring substituents is 1. The second-order valence-electron chi connectivity index (χ2n) is 6.11. The van der Waals surface area contributed by atoms with Crippen molar-refractivity contribution in [1.82, 2.24) is 0 Å². The molecule has 132 valence electrons. The minimum absolute atomic E-state index is 0.0258. The van der Waals surface area contributed by atoms with Crippen LogP contribution in [0.1, 0.15) is 24.0 Å². The lowest BCUT2D eigenvalue weighted by Crippen LogP contribution is -2.16. The number of hydrogen-bond donors (Lipinski definition) is 0. The molecular formula is C19H21NO5. The highest BCUT2D eigenvalue weighted by Crippen LogP contribution is 2.28. The summed E-state index contributed by atoms with van der Waals surface area (Å²) in [6.07, 6.45) is 2.32. The molecule has 6 heteroatoms. The summed E-state index contributed by atoms with van der Waals surface area (Å²) in [7, 11) is 0. The summed E-state index contributed by atoms with van der Waals surface area (Å²) in [6, 6.07) is 12.4. The van der Waals surface area contributed by atoms with Crippen molar-refractivity contribution in [2.75, 3.05) is 13.2 Å². The Labute approximate surface area is 146 Å². The number of benzene rings is 2. The molecule has 0 radical (unpaired) electrons. The molecule has 0 aliphatic carbocycles. The second-order valence-corrected chi connectivity index (χ2v) is 6.11. The van der Waals surface area contributed by atoms with Crippen LogP contribution in [0.4, 0.5) is 5.69 Å². The van der Waals surface area contributed by atoms with Crippen molar-refractivity contribution in [1.29, 1.82) is 0 Å². The van der Waals surface area contributed by atoms with Gasteiger partial charge in [-0.15, -0.1) is 0 Å². The molecule has 1 heterocycles. The Morgan fingerprint density at radius 1 is 1.20 bits per heavy atom. The van der Waals surface area contributed by atoms with Crippen molar-refractivity contribution in [2.45, 2.75) is 32.5 Å². The van der Waals surface area contributed by atoms with E-state index in [0.29, 0.717) is 6.61 Å². The predicted molar refractivity (Wildman–Crippen MR) is 93.1 cm³/mol. The van der Waals surface area contributed by atoms with Crippen LogP contribution in [0.2, 0.25) is 0 Å². The van der Waals surface area contributed by atoms with Gasteiger partial charge in [-0.3, -0.25) is 10.1 Å². The molecule has 1 aliphatic rings. The molecule has 0 N–H and O–H groups in total. The van der Waals surface area contributed by atoms with Gasteiger partial charge in [-0.25, -0.2) is 0 Å². The van der Waals surface area contributed by atoms with Crippen molar-refractivity contribution in [2.24, 2.45) is 0 Å². The second kappa shape index (κ2) is 7.98. The quantitative estimate of drug-likeness (QED) is 0.560. The first-order valence-corrected chi connectivity index (χ1v) is 8.33. The summed E-state index contributed by atoms with van der Waals surface area (Å²) in [5, 5.41) is 11.1. The molecule has 0 aromatic heterocycles. The molecule has 1 fully saturated rings. The Hall–Kier alpha value is -2.60. The third-order valence-corrected chi connectivity index (χ3v) is 4.09. The Morgan fingerprint density at radius 2 is 2.00 bits per heavy atom. The SMILES string of the molecule is Cc1ccc([N+](=O)[O-])c(OCc2ccc(OC[C@H]3CCCO3)cc2)c1. The number of hydrogen-bond acceptors (Lipinski definition) is 5. The molecule has 0 amide bonds. The van der Waals surface area contributed by atoms with E-state index in [2.05, 4.69) is 0 Å². The molecule has 0 saturated carbocycles. The Bertz CT molecular complexity index is 723. The molecule has 3 rings (SSSR count). The number of ether oxygens (including phenoxy) is 3. The van der Waals surface area contributed by atoms with Crippen molar-refractivity contribution in [3.63, 3.8) is 0 Å². The fourth-order valence-electron chi connectivity index (χ4n) is 2.70. The topological polar surface area (TPSA) is 70.8 Å². The average Bonchev–Trinajstić information content (AvgIpc) is 3.12. The normalized spacial score (nSPS) is 16.6. The van der Waals surface area contributed by atoms with Crippen LogP contribution >= 0.6 is 0 Å². The fourth-order valence-corrected chi connectivity index (χ4v) is 2.70. The Morgan fingerprint density at radius 3 is 2.68 bits per heavy atom. The Balaban J connectivity index is 1.56. The smallest absolute Gasteiger partial charge is 0.310 e. The van der Waals surface area contributed by atoms with Crippen molar-refractivity contribution >= 4 is 5.69 Å². The van der Waals surface area contributed by atoms with Crippen LogP contribution in [0.15, 0.2) is 42.5 Å². The van der Waals surface area contributed by atoms with Crippen molar-refractivity contribution in [3.8, 4) is 11.5 Å². The van der Waals surface area contributed by atoms with Crippen LogP contribution in [-0.2, 0) is 11.3 Å². The van der Waals surface area contributed by atoms with E-state index in [9.17, 15) is 10.1 Å². The highest BCUT2D eigenvalue weighted by molar-refractivity contribution is 5.48. The maximum Gasteiger partial charge on any atom is 0.310 e. The van der Waals surface area contributed by atoms with E-state index in [1.165, 1.54) is 6.07 Å². The molecule has 0 spiro atoms. The predicted octanol–water partition coefficient (Wildman–Crippen LogP) is 4.04. The molecule has 0 bridgehead atoms. The third-order valence-electron chi connectivity index (χ3n) is 4.09. The van der Waals surface area contributed by atoms with Gasteiger partial charge in [-0.05, 0) is 49.1 Å². The molecule has 1 atom stereocenters. The van der Waals surface area contributed by atoms with Gasteiger partial charge in [0.2, 0.25) is 0 Å². The first-order chi connectivity index (χ1) is 12.1. The number of aryl methyl sites for hydroxylation is 1. The van der Waals surface area contributed by atoms with E-state index in [1.54, 1.807) is 12.1 Å². The van der Waals surface area contributed by atoms with E-state index in [0.717, 1.165) is 36.3 Å². The van der Waals surface area contributed by atoms with E-state index in [4.69, 9.17) is 14.2 Å². The van der Waals surface area contributed by atoms with Crippen LogP contribution in [0.25, 0.3) is 0 Å². The van der Waals surface area contributed by atoms with Gasteiger partial charge in [0, 0.05) is 12.7 Å². The monoisotopic (exact) mass is 343 g/mol. The van der Waals surface area contributed by atoms with E-state index < -0.39 is 4.92 Å². The summed E-state index contributed by atoms with van der Waals surface area (Å²) in [5.74, 6) is 1.06. The largest absolute Gasteiger partial charge is 0.491 e. The molecule has 0 unspecified atom stereocenters. The van der Waals surface area contributed by atoms with E-state index >= 15 is 0 Å². The fraction of sp³-hybridized carbons (Fsp3) is 0.368. The number of rotatable bonds is 7. The highest BCUT2D eigenvalue weighted by Gasteiger charge is 2.16. The molecular weight excluding hydrogens is 322 g/mol. The zero-order chi connectivity index (χ0) is 17.6. The van der Waals surface area contributed by atoms with Crippen LogP contribution in [0, 0.1) is 17.0 Å². The summed E-state index contributed by atoms with van der Waals surface area (Å²) in [4.78, 5) is 10.6. The van der Waals surface area contributed by atoms with Crippen LogP contribution in [0.3, 0.4) is 0 Å². The summed E-state index contributed by atoms with van der Waals surface area (Å²) in [6.45, 7) is 3.51. The van der Waals surface area contributed by atoms with Gasteiger partial charge in [-0.1, -0.05) is 18.2 Å². The van der Waals surface area contributed by atoms with E-state index in [1.807, 2.05) is 31.2 Å². The summed E-state index contributed by atoms with van der Waals surface area (Å²) < 4.78 is 16.9. The first-order valence-electron chi connectivity index (χ1n) is 8.33. The van der Waals surface area contributed by atoms with Gasteiger partial charge in [0.25, 0.3) is 0 Å². The molecule has 25 heavy (non-hydrogen) atoms. The molecule has 1 aliphatic heterocycles. The minimum atomic E-state index is -0.434. The number of nitro groups is 1. The maximum atomic E-state index is 11.1. The lowest BCUT2D eigenvalue weighted by molar-refractivity contribution is -0.386. The molecule has 2 aromatic rings. The van der Waals surface area contributed by atoms with Gasteiger partial charge in [0.05, 0.1) is 11.0 Å². The molecule has 6 nitrogen and oxygen atoms in total. The minimum Gasteiger partial charge on any atom is -0.491 e. The average molecular weight is 343 g/mol. The van der Waals surface area contributed by atoms with Crippen LogP contribution in [-0.4, -0.2) is 24.2 Å². The Kier molecular flexibility index (Phi) is 5.50. The lowest BCUT2D eigenvalue weighted by Gasteiger charge is -2.12. The zero-order valence-electron chi connectivity index (χ0n) is 14.1. The van der Waals surface area contributed by atoms with Crippen LogP contribution < -0.4 is 9.47 Å².